The average molecular weight is 279 g/mol. The second kappa shape index (κ2) is 5.87. The summed E-state index contributed by atoms with van der Waals surface area (Å²) in [6.07, 6.45) is 0.931. The molecule has 0 bridgehead atoms. The number of aryl methyl sites for hydroxylation is 1. The molecule has 1 aliphatic rings. The Kier molecular flexibility index (Phi) is 4.19. The first-order valence-electron chi connectivity index (χ1n) is 6.34. The Morgan fingerprint density at radius 3 is 2.85 bits per heavy atom. The Hall–Kier alpha value is -2.15. The minimum absolute atomic E-state index is 0.0367. The lowest BCUT2D eigenvalue weighted by molar-refractivity contribution is -0.141. The summed E-state index contributed by atoms with van der Waals surface area (Å²) in [7, 11) is 0. The Labute approximate surface area is 116 Å². The van der Waals surface area contributed by atoms with E-state index in [1.54, 1.807) is 6.20 Å². The number of nitrogens with one attached hydrogen (secondary N) is 1. The van der Waals surface area contributed by atoms with E-state index in [9.17, 15) is 14.7 Å². The van der Waals surface area contributed by atoms with Crippen LogP contribution in [0.1, 0.15) is 17.7 Å². The lowest BCUT2D eigenvalue weighted by atomic mass is 10.2. The molecule has 0 spiro atoms. The summed E-state index contributed by atoms with van der Waals surface area (Å²) in [5, 5.41) is 21.2. The van der Waals surface area contributed by atoms with Gasteiger partial charge in [0.25, 0.3) is 0 Å². The van der Waals surface area contributed by atoms with Crippen LogP contribution in [-0.4, -0.2) is 50.8 Å². The molecule has 108 valence electrons. The predicted molar refractivity (Wildman–Crippen MR) is 70.0 cm³/mol. The highest BCUT2D eigenvalue weighted by Gasteiger charge is 2.38. The van der Waals surface area contributed by atoms with Crippen molar-refractivity contribution in [3.8, 4) is 0 Å². The molecule has 0 radical (unpaired) electrons. The number of aliphatic carboxylic acids is 1. The monoisotopic (exact) mass is 279 g/mol. The van der Waals surface area contributed by atoms with Crippen LogP contribution in [0.2, 0.25) is 0 Å². The lowest BCUT2D eigenvalue weighted by Gasteiger charge is -2.21. The topological polar surface area (TPSA) is 103 Å². The number of likely N-dealkylation sites (tertiary alicyclic amines) is 1. The van der Waals surface area contributed by atoms with Crippen molar-refractivity contribution in [3.05, 3.63) is 29.6 Å². The zero-order chi connectivity index (χ0) is 14.7. The van der Waals surface area contributed by atoms with Crippen molar-refractivity contribution < 1.29 is 19.8 Å². The van der Waals surface area contributed by atoms with Crippen LogP contribution in [0.3, 0.4) is 0 Å². The zero-order valence-electron chi connectivity index (χ0n) is 11.1. The molecule has 0 aliphatic carbocycles. The van der Waals surface area contributed by atoms with Crippen LogP contribution in [0.15, 0.2) is 18.3 Å². The van der Waals surface area contributed by atoms with Crippen molar-refractivity contribution in [2.24, 2.45) is 0 Å². The maximum atomic E-state index is 12.0. The summed E-state index contributed by atoms with van der Waals surface area (Å²) in [5.74, 6) is -1.10. The van der Waals surface area contributed by atoms with E-state index in [1.165, 1.54) is 0 Å². The van der Waals surface area contributed by atoms with Gasteiger partial charge in [-0.05, 0) is 18.6 Å². The van der Waals surface area contributed by atoms with Crippen molar-refractivity contribution in [1.82, 2.24) is 15.2 Å². The van der Waals surface area contributed by atoms with Gasteiger partial charge >= 0.3 is 12.0 Å². The third-order valence-corrected chi connectivity index (χ3v) is 3.24. The maximum Gasteiger partial charge on any atom is 0.326 e. The average Bonchev–Trinajstić information content (AvgIpc) is 2.80. The van der Waals surface area contributed by atoms with Gasteiger partial charge in [0.05, 0.1) is 6.10 Å². The summed E-state index contributed by atoms with van der Waals surface area (Å²) in [6, 6.07) is 2.22. The van der Waals surface area contributed by atoms with Gasteiger partial charge in [0.1, 0.15) is 6.04 Å². The predicted octanol–water partition coefficient (Wildman–Crippen LogP) is 0.119. The van der Waals surface area contributed by atoms with E-state index in [2.05, 4.69) is 10.3 Å². The van der Waals surface area contributed by atoms with Crippen LogP contribution in [0.25, 0.3) is 0 Å². The van der Waals surface area contributed by atoms with Crippen LogP contribution >= 0.6 is 0 Å². The van der Waals surface area contributed by atoms with Crippen molar-refractivity contribution in [2.75, 3.05) is 6.54 Å². The molecular weight excluding hydrogens is 262 g/mol. The summed E-state index contributed by atoms with van der Waals surface area (Å²) < 4.78 is 0. The Morgan fingerprint density at radius 1 is 1.50 bits per heavy atom. The van der Waals surface area contributed by atoms with E-state index < -0.39 is 24.1 Å². The van der Waals surface area contributed by atoms with Gasteiger partial charge in [-0.25, -0.2) is 9.59 Å². The third-order valence-electron chi connectivity index (χ3n) is 3.24. The molecule has 1 aromatic heterocycles. The van der Waals surface area contributed by atoms with Crippen LogP contribution < -0.4 is 5.32 Å². The van der Waals surface area contributed by atoms with E-state index in [0.29, 0.717) is 0 Å². The molecule has 7 heteroatoms. The second-order valence-electron chi connectivity index (χ2n) is 4.86. The van der Waals surface area contributed by atoms with Gasteiger partial charge in [-0.3, -0.25) is 4.98 Å². The van der Waals surface area contributed by atoms with Gasteiger partial charge in [0, 0.05) is 31.4 Å². The number of aromatic nitrogens is 1. The molecule has 1 unspecified atom stereocenters. The van der Waals surface area contributed by atoms with Crippen molar-refractivity contribution >= 4 is 12.0 Å². The molecule has 7 nitrogen and oxygen atoms in total. The lowest BCUT2D eigenvalue weighted by Crippen LogP contribution is -2.45. The highest BCUT2D eigenvalue weighted by Crippen LogP contribution is 2.18. The first-order chi connectivity index (χ1) is 9.47. The minimum Gasteiger partial charge on any atom is -0.480 e. The van der Waals surface area contributed by atoms with Crippen LogP contribution in [-0.2, 0) is 11.3 Å². The quantitative estimate of drug-likeness (QED) is 0.729. The first kappa shape index (κ1) is 14.3. The van der Waals surface area contributed by atoms with Crippen molar-refractivity contribution in [1.29, 1.82) is 0 Å². The van der Waals surface area contributed by atoms with Gasteiger partial charge in [0.15, 0.2) is 0 Å². The number of carbonyl (C=O) groups is 2. The van der Waals surface area contributed by atoms with Crippen molar-refractivity contribution in [3.63, 3.8) is 0 Å². The fraction of sp³-hybridized carbons (Fsp3) is 0.462. The highest BCUT2D eigenvalue weighted by atomic mass is 16.4. The number of amides is 2. The number of carboxylic acids is 1. The fourth-order valence-electron chi connectivity index (χ4n) is 2.15. The number of rotatable bonds is 3. The third kappa shape index (κ3) is 3.24. The summed E-state index contributed by atoms with van der Waals surface area (Å²) in [4.78, 5) is 28.3. The van der Waals surface area contributed by atoms with Crippen LogP contribution in [0, 0.1) is 6.92 Å². The molecule has 2 atom stereocenters. The number of carboxylic acid groups (broad SMARTS) is 1. The standard InChI is InChI=1S/C13H17N3O4/c1-8-2-3-9(5-14-8)6-15-13(20)16-7-10(17)4-11(16)12(18)19/h2-3,5,10-11,17H,4,6-7H2,1H3,(H,15,20)(H,18,19)/t10?,11-/m0/s1. The molecule has 2 rings (SSSR count). The molecule has 1 saturated heterocycles. The number of hydrogen-bond acceptors (Lipinski definition) is 4. The number of carbonyl (C=O) groups excluding carboxylic acids is 1. The summed E-state index contributed by atoms with van der Waals surface area (Å²) in [5.41, 5.74) is 1.71. The summed E-state index contributed by atoms with van der Waals surface area (Å²) in [6.45, 7) is 2.17. The van der Waals surface area contributed by atoms with E-state index >= 15 is 0 Å². The minimum atomic E-state index is -1.10. The molecule has 20 heavy (non-hydrogen) atoms. The number of hydrogen-bond donors (Lipinski definition) is 3. The van der Waals surface area contributed by atoms with E-state index in [-0.39, 0.29) is 19.5 Å². The molecule has 0 saturated carbocycles. The molecule has 3 N–H and O–H groups in total. The number of nitrogens with zero attached hydrogens (tertiary/aromatic N) is 2. The number of aliphatic hydroxyl groups excluding tert-OH is 1. The van der Waals surface area contributed by atoms with Gasteiger partial charge < -0.3 is 20.4 Å². The van der Waals surface area contributed by atoms with Gasteiger partial charge in [-0.2, -0.15) is 0 Å². The van der Waals surface area contributed by atoms with Gasteiger partial charge in [-0.15, -0.1) is 0 Å². The zero-order valence-corrected chi connectivity index (χ0v) is 11.1. The second-order valence-corrected chi connectivity index (χ2v) is 4.86. The molecule has 0 aromatic carbocycles. The van der Waals surface area contributed by atoms with Crippen LogP contribution in [0.4, 0.5) is 4.79 Å². The van der Waals surface area contributed by atoms with E-state index in [0.717, 1.165) is 16.2 Å². The Morgan fingerprint density at radius 2 is 2.25 bits per heavy atom. The highest BCUT2D eigenvalue weighted by molar-refractivity contribution is 5.83. The molecule has 2 heterocycles. The largest absolute Gasteiger partial charge is 0.480 e. The summed E-state index contributed by atoms with van der Waals surface area (Å²) >= 11 is 0. The smallest absolute Gasteiger partial charge is 0.326 e. The Bertz CT molecular complexity index is 503. The van der Waals surface area contributed by atoms with Gasteiger partial charge in [-0.1, -0.05) is 6.07 Å². The number of urea groups is 1. The SMILES string of the molecule is Cc1ccc(CNC(=O)N2CC(O)C[C@H]2C(=O)O)cn1. The molecule has 1 aliphatic heterocycles. The van der Waals surface area contributed by atoms with Crippen LogP contribution in [0.5, 0.6) is 0 Å². The van der Waals surface area contributed by atoms with Gasteiger partial charge in [0.2, 0.25) is 0 Å². The molecule has 1 fully saturated rings. The number of β-amino-alcohol motifs (C(OH)–C–C–N with tert-alkyl or cyclic N) is 1. The first-order valence-corrected chi connectivity index (χ1v) is 6.34. The fourth-order valence-corrected chi connectivity index (χ4v) is 2.15. The molecule has 1 aromatic rings. The molecule has 2 amide bonds. The van der Waals surface area contributed by atoms with E-state index in [4.69, 9.17) is 5.11 Å². The Balaban J connectivity index is 1.94. The molecular formula is C13H17N3O4. The normalized spacial score (nSPS) is 21.8. The van der Waals surface area contributed by atoms with E-state index in [1.807, 2.05) is 19.1 Å². The number of aliphatic hydroxyl groups is 1. The van der Waals surface area contributed by atoms with Crippen molar-refractivity contribution in [2.45, 2.75) is 32.0 Å². The maximum absolute atomic E-state index is 12.0. The number of pyridine rings is 1.